The second-order valence-corrected chi connectivity index (χ2v) is 5.77. The Bertz CT molecular complexity index is 236. The summed E-state index contributed by atoms with van der Waals surface area (Å²) in [5.41, 5.74) is 5.31. The first-order valence-electron chi connectivity index (χ1n) is 5.73. The van der Waals surface area contributed by atoms with E-state index in [0.29, 0.717) is 25.4 Å². The van der Waals surface area contributed by atoms with Crippen molar-refractivity contribution >= 4 is 10.0 Å². The molecule has 0 aliphatic rings. The first-order valence-corrected chi connectivity index (χ1v) is 7.38. The third-order valence-electron chi connectivity index (χ3n) is 2.61. The highest BCUT2D eigenvalue weighted by molar-refractivity contribution is 7.89. The van der Waals surface area contributed by atoms with Crippen LogP contribution in [0.3, 0.4) is 0 Å². The van der Waals surface area contributed by atoms with Gasteiger partial charge < -0.3 is 5.73 Å². The molecule has 0 fully saturated rings. The Morgan fingerprint density at radius 3 is 2.27 bits per heavy atom. The Balaban J connectivity index is 3.82. The van der Waals surface area contributed by atoms with Crippen LogP contribution in [0.5, 0.6) is 0 Å². The van der Waals surface area contributed by atoms with Crippen LogP contribution < -0.4 is 10.5 Å². The molecule has 0 atom stereocenters. The van der Waals surface area contributed by atoms with Gasteiger partial charge in [0.15, 0.2) is 0 Å². The van der Waals surface area contributed by atoms with Gasteiger partial charge in [0.1, 0.15) is 0 Å². The second-order valence-electron chi connectivity index (χ2n) is 3.85. The molecule has 0 rings (SSSR count). The molecule has 5 heteroatoms. The summed E-state index contributed by atoms with van der Waals surface area (Å²) in [4.78, 5) is 0. The van der Waals surface area contributed by atoms with Crippen molar-refractivity contribution in [2.24, 2.45) is 11.7 Å². The average molecular weight is 236 g/mol. The minimum atomic E-state index is -3.07. The van der Waals surface area contributed by atoms with Crippen LogP contribution in [0.15, 0.2) is 0 Å². The van der Waals surface area contributed by atoms with Crippen LogP contribution in [0.25, 0.3) is 0 Å². The van der Waals surface area contributed by atoms with Crippen LogP contribution in [0.2, 0.25) is 0 Å². The van der Waals surface area contributed by atoms with E-state index in [4.69, 9.17) is 5.73 Å². The van der Waals surface area contributed by atoms with Gasteiger partial charge >= 0.3 is 0 Å². The third kappa shape index (κ3) is 7.76. The van der Waals surface area contributed by atoms with E-state index in [2.05, 4.69) is 18.6 Å². The summed E-state index contributed by atoms with van der Waals surface area (Å²) in [6.45, 7) is 5.29. The van der Waals surface area contributed by atoms with Gasteiger partial charge in [0.25, 0.3) is 0 Å². The van der Waals surface area contributed by atoms with Gasteiger partial charge in [0.2, 0.25) is 10.0 Å². The van der Waals surface area contributed by atoms with Crippen LogP contribution >= 0.6 is 0 Å². The van der Waals surface area contributed by atoms with Gasteiger partial charge in [-0.3, -0.25) is 0 Å². The lowest BCUT2D eigenvalue weighted by Gasteiger charge is -2.13. The number of nitrogens with one attached hydrogen (secondary N) is 1. The summed E-state index contributed by atoms with van der Waals surface area (Å²) in [6.07, 6.45) is 3.45. The minimum absolute atomic E-state index is 0.199. The van der Waals surface area contributed by atoms with Crippen molar-refractivity contribution in [3.05, 3.63) is 0 Å². The van der Waals surface area contributed by atoms with E-state index in [1.807, 2.05) is 0 Å². The number of unbranched alkanes of at least 4 members (excludes halogenated alkanes) is 1. The highest BCUT2D eigenvalue weighted by atomic mass is 32.2. The predicted octanol–water partition coefficient (Wildman–Crippen LogP) is 1.08. The van der Waals surface area contributed by atoms with Gasteiger partial charge in [0.05, 0.1) is 5.75 Å². The van der Waals surface area contributed by atoms with Crippen LogP contribution in [-0.4, -0.2) is 27.3 Å². The molecule has 0 unspecified atom stereocenters. The molecule has 0 bridgehead atoms. The maximum absolute atomic E-state index is 11.5. The van der Waals surface area contributed by atoms with E-state index in [1.165, 1.54) is 0 Å². The summed E-state index contributed by atoms with van der Waals surface area (Å²) in [6, 6.07) is 0. The molecular weight excluding hydrogens is 212 g/mol. The highest BCUT2D eigenvalue weighted by Crippen LogP contribution is 2.06. The molecule has 3 N–H and O–H groups in total. The third-order valence-corrected chi connectivity index (χ3v) is 4.05. The first kappa shape index (κ1) is 14.9. The lowest BCUT2D eigenvalue weighted by atomic mass is 10.0. The van der Waals surface area contributed by atoms with Crippen LogP contribution in [0, 0.1) is 5.92 Å². The van der Waals surface area contributed by atoms with Gasteiger partial charge in [-0.2, -0.15) is 0 Å². The molecule has 0 radical (unpaired) electrons. The van der Waals surface area contributed by atoms with Crippen molar-refractivity contribution in [3.63, 3.8) is 0 Å². The quantitative estimate of drug-likeness (QED) is 0.588. The fourth-order valence-corrected chi connectivity index (χ4v) is 2.55. The molecule has 0 amide bonds. The largest absolute Gasteiger partial charge is 0.330 e. The smallest absolute Gasteiger partial charge is 0.211 e. The Morgan fingerprint density at radius 2 is 1.80 bits per heavy atom. The van der Waals surface area contributed by atoms with Crippen LogP contribution in [-0.2, 0) is 10.0 Å². The van der Waals surface area contributed by atoms with Crippen molar-refractivity contribution in [3.8, 4) is 0 Å². The number of hydrogen-bond acceptors (Lipinski definition) is 3. The lowest BCUT2D eigenvalue weighted by Crippen LogP contribution is -2.31. The van der Waals surface area contributed by atoms with Gasteiger partial charge in [0, 0.05) is 6.54 Å². The summed E-state index contributed by atoms with van der Waals surface area (Å²) in [5, 5.41) is 0. The maximum Gasteiger partial charge on any atom is 0.211 e. The lowest BCUT2D eigenvalue weighted by molar-refractivity contribution is 0.478. The molecule has 0 saturated heterocycles. The van der Waals surface area contributed by atoms with Gasteiger partial charge in [-0.25, -0.2) is 13.1 Å². The molecule has 0 aromatic rings. The van der Waals surface area contributed by atoms with Crippen LogP contribution in [0.1, 0.15) is 39.5 Å². The molecule has 0 spiro atoms. The molecular formula is C10H24N2O2S. The fourth-order valence-electron chi connectivity index (χ4n) is 1.33. The number of sulfonamides is 1. The van der Waals surface area contributed by atoms with Crippen LogP contribution in [0.4, 0.5) is 0 Å². The van der Waals surface area contributed by atoms with Crippen molar-refractivity contribution in [2.75, 3.05) is 18.8 Å². The average Bonchev–Trinajstić information content (AvgIpc) is 2.19. The van der Waals surface area contributed by atoms with E-state index in [9.17, 15) is 8.42 Å². The predicted molar refractivity (Wildman–Crippen MR) is 64.1 cm³/mol. The van der Waals surface area contributed by atoms with E-state index in [-0.39, 0.29) is 5.75 Å². The molecule has 0 aromatic carbocycles. The summed E-state index contributed by atoms with van der Waals surface area (Å²) in [5.74, 6) is 0.652. The first-order chi connectivity index (χ1) is 7.05. The molecule has 0 aliphatic heterocycles. The molecule has 0 aliphatic carbocycles. The summed E-state index contributed by atoms with van der Waals surface area (Å²) in [7, 11) is -3.07. The number of nitrogens with two attached hydrogens (primary N) is 1. The van der Waals surface area contributed by atoms with Crippen molar-refractivity contribution in [2.45, 2.75) is 39.5 Å². The van der Waals surface area contributed by atoms with E-state index in [0.717, 1.165) is 19.3 Å². The van der Waals surface area contributed by atoms with Gasteiger partial charge in [-0.1, -0.05) is 26.7 Å². The monoisotopic (exact) mass is 236 g/mol. The van der Waals surface area contributed by atoms with E-state index >= 15 is 0 Å². The topological polar surface area (TPSA) is 72.2 Å². The highest BCUT2D eigenvalue weighted by Gasteiger charge is 2.11. The molecule has 0 aromatic heterocycles. The zero-order chi connectivity index (χ0) is 11.7. The standard InChI is InChI=1S/C10H24N2O2S/c1-3-10(4-2)9-12-15(13,14)8-6-5-7-11/h10,12H,3-9,11H2,1-2H3. The van der Waals surface area contributed by atoms with Crippen molar-refractivity contribution in [1.82, 2.24) is 4.72 Å². The van der Waals surface area contributed by atoms with Gasteiger partial charge in [-0.05, 0) is 25.3 Å². The van der Waals surface area contributed by atoms with Gasteiger partial charge in [-0.15, -0.1) is 0 Å². The molecule has 0 saturated carbocycles. The number of hydrogen-bond donors (Lipinski definition) is 2. The molecule has 0 heterocycles. The zero-order valence-electron chi connectivity index (χ0n) is 9.83. The SMILES string of the molecule is CCC(CC)CNS(=O)(=O)CCCCN. The number of rotatable bonds is 9. The minimum Gasteiger partial charge on any atom is -0.330 e. The van der Waals surface area contributed by atoms with Crippen molar-refractivity contribution in [1.29, 1.82) is 0 Å². The molecule has 4 nitrogen and oxygen atoms in total. The summed E-state index contributed by atoms with van der Waals surface area (Å²) < 4.78 is 25.6. The molecule has 92 valence electrons. The van der Waals surface area contributed by atoms with Crippen molar-refractivity contribution < 1.29 is 8.42 Å². The Morgan fingerprint density at radius 1 is 1.20 bits per heavy atom. The molecule has 15 heavy (non-hydrogen) atoms. The fraction of sp³-hybridized carbons (Fsp3) is 1.00. The Kier molecular flexibility index (Phi) is 8.00. The second kappa shape index (κ2) is 8.07. The van der Waals surface area contributed by atoms with E-state index < -0.39 is 10.0 Å². The maximum atomic E-state index is 11.5. The Labute approximate surface area is 93.7 Å². The normalized spacial score (nSPS) is 12.3. The zero-order valence-corrected chi connectivity index (χ0v) is 10.6. The Hall–Kier alpha value is -0.130. The summed E-state index contributed by atoms with van der Waals surface area (Å²) >= 11 is 0. The van der Waals surface area contributed by atoms with E-state index in [1.54, 1.807) is 0 Å².